The SMILES string of the molecule is CCC(C)(C)C1CCC(O)(C2(C#N)CCCC(C)C2)CC1. The molecule has 0 aliphatic heterocycles. The Bertz CT molecular complexity index is 400. The first-order valence-electron chi connectivity index (χ1n) is 8.92. The fourth-order valence-corrected chi connectivity index (χ4v) is 4.82. The van der Waals surface area contributed by atoms with Gasteiger partial charge < -0.3 is 5.11 Å². The molecule has 0 bridgehead atoms. The second kappa shape index (κ2) is 5.92. The van der Waals surface area contributed by atoms with Crippen LogP contribution in [0.2, 0.25) is 0 Å². The van der Waals surface area contributed by atoms with Crippen LogP contribution in [0.3, 0.4) is 0 Å². The highest BCUT2D eigenvalue weighted by Gasteiger charge is 2.54. The Balaban J connectivity index is 2.12. The van der Waals surface area contributed by atoms with Crippen molar-refractivity contribution >= 4 is 0 Å². The smallest absolute Gasteiger partial charge is 0.0862 e. The second-order valence-electron chi connectivity index (χ2n) is 8.54. The van der Waals surface area contributed by atoms with Crippen LogP contribution in [0.1, 0.15) is 85.5 Å². The van der Waals surface area contributed by atoms with E-state index in [2.05, 4.69) is 33.8 Å². The minimum atomic E-state index is -0.739. The van der Waals surface area contributed by atoms with Crippen molar-refractivity contribution < 1.29 is 5.11 Å². The molecule has 2 aliphatic carbocycles. The summed E-state index contributed by atoms with van der Waals surface area (Å²) >= 11 is 0. The molecule has 0 radical (unpaired) electrons. The predicted molar refractivity (Wildman–Crippen MR) is 86.7 cm³/mol. The average Bonchev–Trinajstić information content (AvgIpc) is 2.47. The zero-order valence-corrected chi connectivity index (χ0v) is 14.4. The molecule has 2 saturated carbocycles. The van der Waals surface area contributed by atoms with Crippen molar-refractivity contribution in [2.45, 2.75) is 91.1 Å². The van der Waals surface area contributed by atoms with Crippen LogP contribution in [0.4, 0.5) is 0 Å². The lowest BCUT2D eigenvalue weighted by atomic mass is 9.55. The van der Waals surface area contributed by atoms with Gasteiger partial charge in [-0.05, 0) is 55.8 Å². The van der Waals surface area contributed by atoms with Crippen molar-refractivity contribution in [3.63, 3.8) is 0 Å². The van der Waals surface area contributed by atoms with E-state index in [0.717, 1.165) is 44.9 Å². The molecule has 0 amide bonds. The second-order valence-corrected chi connectivity index (χ2v) is 8.54. The van der Waals surface area contributed by atoms with Crippen molar-refractivity contribution in [3.8, 4) is 6.07 Å². The van der Waals surface area contributed by atoms with Crippen LogP contribution in [-0.2, 0) is 0 Å². The summed E-state index contributed by atoms with van der Waals surface area (Å²) in [6.07, 6.45) is 9.09. The van der Waals surface area contributed by atoms with Crippen molar-refractivity contribution in [1.29, 1.82) is 5.26 Å². The summed E-state index contributed by atoms with van der Waals surface area (Å²) in [6.45, 7) is 9.20. The van der Waals surface area contributed by atoms with Crippen LogP contribution in [-0.4, -0.2) is 10.7 Å². The Labute approximate surface area is 130 Å². The van der Waals surface area contributed by atoms with Gasteiger partial charge in [-0.25, -0.2) is 0 Å². The van der Waals surface area contributed by atoms with Crippen molar-refractivity contribution in [2.75, 3.05) is 0 Å². The van der Waals surface area contributed by atoms with Gasteiger partial charge in [-0.15, -0.1) is 0 Å². The van der Waals surface area contributed by atoms with Gasteiger partial charge in [0.15, 0.2) is 0 Å². The molecule has 2 heteroatoms. The van der Waals surface area contributed by atoms with Gasteiger partial charge in [0, 0.05) is 0 Å². The third-order valence-electron chi connectivity index (χ3n) is 6.93. The minimum absolute atomic E-state index is 0.362. The third-order valence-corrected chi connectivity index (χ3v) is 6.93. The topological polar surface area (TPSA) is 44.0 Å². The number of aliphatic hydroxyl groups is 1. The Morgan fingerprint density at radius 2 is 1.81 bits per heavy atom. The quantitative estimate of drug-likeness (QED) is 0.789. The van der Waals surface area contributed by atoms with E-state index in [-0.39, 0.29) is 0 Å². The van der Waals surface area contributed by atoms with Crippen molar-refractivity contribution in [3.05, 3.63) is 0 Å². The molecule has 2 atom stereocenters. The zero-order chi connectivity index (χ0) is 15.7. The highest BCUT2D eigenvalue weighted by atomic mass is 16.3. The largest absolute Gasteiger partial charge is 0.388 e. The maximum absolute atomic E-state index is 11.3. The van der Waals surface area contributed by atoms with E-state index >= 15 is 0 Å². The molecular weight excluding hydrogens is 258 g/mol. The van der Waals surface area contributed by atoms with E-state index in [9.17, 15) is 10.4 Å². The van der Waals surface area contributed by atoms with Gasteiger partial charge in [-0.2, -0.15) is 5.26 Å². The van der Waals surface area contributed by atoms with Crippen LogP contribution in [0, 0.1) is 34.0 Å². The number of hydrogen-bond acceptors (Lipinski definition) is 2. The summed E-state index contributed by atoms with van der Waals surface area (Å²) in [5.74, 6) is 1.27. The van der Waals surface area contributed by atoms with Crippen LogP contribution in [0.25, 0.3) is 0 Å². The van der Waals surface area contributed by atoms with Crippen LogP contribution in [0.5, 0.6) is 0 Å². The van der Waals surface area contributed by atoms with Gasteiger partial charge in [0.1, 0.15) is 0 Å². The zero-order valence-electron chi connectivity index (χ0n) is 14.4. The average molecular weight is 291 g/mol. The van der Waals surface area contributed by atoms with E-state index in [1.165, 1.54) is 12.8 Å². The molecular formula is C19H33NO. The molecule has 21 heavy (non-hydrogen) atoms. The van der Waals surface area contributed by atoms with Crippen LogP contribution < -0.4 is 0 Å². The van der Waals surface area contributed by atoms with Gasteiger partial charge in [-0.3, -0.25) is 0 Å². The first-order chi connectivity index (χ1) is 9.78. The Morgan fingerprint density at radius 1 is 1.19 bits per heavy atom. The number of rotatable bonds is 3. The highest BCUT2D eigenvalue weighted by Crippen LogP contribution is 2.54. The van der Waals surface area contributed by atoms with E-state index in [0.29, 0.717) is 17.3 Å². The van der Waals surface area contributed by atoms with Crippen molar-refractivity contribution in [1.82, 2.24) is 0 Å². The molecule has 1 N–H and O–H groups in total. The Kier molecular flexibility index (Phi) is 4.74. The molecule has 2 rings (SSSR count). The van der Waals surface area contributed by atoms with Crippen LogP contribution >= 0.6 is 0 Å². The molecule has 0 aromatic carbocycles. The summed E-state index contributed by atoms with van der Waals surface area (Å²) in [7, 11) is 0. The standard InChI is InChI=1S/C19H33NO/c1-5-17(3,4)16-8-11-19(21,12-9-16)18(14-20)10-6-7-15(2)13-18/h15-16,21H,5-13H2,1-4H3. The summed E-state index contributed by atoms with van der Waals surface area (Å²) < 4.78 is 0. The molecule has 0 aromatic rings. The Hall–Kier alpha value is -0.550. The molecule has 0 aromatic heterocycles. The maximum Gasteiger partial charge on any atom is 0.0862 e. The predicted octanol–water partition coefficient (Wildman–Crippen LogP) is 5.06. The molecule has 2 fully saturated rings. The minimum Gasteiger partial charge on any atom is -0.388 e. The van der Waals surface area contributed by atoms with Gasteiger partial charge in [-0.1, -0.05) is 47.0 Å². The van der Waals surface area contributed by atoms with Crippen LogP contribution in [0.15, 0.2) is 0 Å². The van der Waals surface area contributed by atoms with E-state index in [4.69, 9.17) is 0 Å². The van der Waals surface area contributed by atoms with Gasteiger partial charge in [0.05, 0.1) is 17.1 Å². The lowest BCUT2D eigenvalue weighted by molar-refractivity contribution is -0.119. The van der Waals surface area contributed by atoms with Gasteiger partial charge in [0.25, 0.3) is 0 Å². The normalized spacial score (nSPS) is 41.5. The van der Waals surface area contributed by atoms with Gasteiger partial charge in [0.2, 0.25) is 0 Å². The summed E-state index contributed by atoms with van der Waals surface area (Å²) in [5.41, 5.74) is -0.857. The van der Waals surface area contributed by atoms with E-state index in [1.54, 1.807) is 0 Å². The monoisotopic (exact) mass is 291 g/mol. The summed E-state index contributed by atoms with van der Waals surface area (Å²) in [4.78, 5) is 0. The number of nitriles is 1. The molecule has 0 heterocycles. The molecule has 0 saturated heterocycles. The molecule has 2 nitrogen and oxygen atoms in total. The first kappa shape index (κ1) is 16.8. The fourth-order valence-electron chi connectivity index (χ4n) is 4.82. The van der Waals surface area contributed by atoms with Gasteiger partial charge >= 0.3 is 0 Å². The molecule has 2 unspecified atom stereocenters. The highest BCUT2D eigenvalue weighted by molar-refractivity contribution is 5.14. The molecule has 120 valence electrons. The van der Waals surface area contributed by atoms with E-state index < -0.39 is 11.0 Å². The first-order valence-corrected chi connectivity index (χ1v) is 8.92. The number of nitrogens with zero attached hydrogens (tertiary/aromatic N) is 1. The van der Waals surface area contributed by atoms with E-state index in [1.807, 2.05) is 0 Å². The maximum atomic E-state index is 11.3. The van der Waals surface area contributed by atoms with Crippen molar-refractivity contribution in [2.24, 2.45) is 22.7 Å². The third kappa shape index (κ3) is 3.00. The Morgan fingerprint density at radius 3 is 2.29 bits per heavy atom. The fraction of sp³-hybridized carbons (Fsp3) is 0.947. The lowest BCUT2D eigenvalue weighted by Gasteiger charge is -2.51. The number of hydrogen-bond donors (Lipinski definition) is 1. The lowest BCUT2D eigenvalue weighted by Crippen LogP contribution is -2.52. The summed E-state index contributed by atoms with van der Waals surface area (Å²) in [5, 5.41) is 21.1. The molecule has 0 spiro atoms. The summed E-state index contributed by atoms with van der Waals surface area (Å²) in [6, 6.07) is 2.58. The molecule has 2 aliphatic rings.